The van der Waals surface area contributed by atoms with Crippen molar-refractivity contribution in [3.05, 3.63) is 0 Å². The Bertz CT molecular complexity index is 133. The van der Waals surface area contributed by atoms with E-state index in [0.29, 0.717) is 26.3 Å². The first kappa shape index (κ1) is 12.3. The van der Waals surface area contributed by atoms with E-state index in [1.54, 1.807) is 14.2 Å². The molecular weight excluding hydrogens is 172 g/mol. The molecule has 1 amide bonds. The zero-order valence-corrected chi connectivity index (χ0v) is 8.21. The van der Waals surface area contributed by atoms with Crippen LogP contribution in [0.15, 0.2) is 0 Å². The lowest BCUT2D eigenvalue weighted by atomic mass is 10.4. The molecule has 0 aromatic heterocycles. The predicted octanol–water partition coefficient (Wildman–Crippen LogP) is -0.609. The highest BCUT2D eigenvalue weighted by Gasteiger charge is 2.07. The summed E-state index contributed by atoms with van der Waals surface area (Å²) in [5, 5.41) is 0. The van der Waals surface area contributed by atoms with Crippen LogP contribution in [0.1, 0.15) is 0 Å². The average molecular weight is 189 g/mol. The van der Waals surface area contributed by atoms with Crippen molar-refractivity contribution in [1.29, 1.82) is 0 Å². The molecule has 0 saturated heterocycles. The maximum Gasteiger partial charge on any atom is 0.252 e. The van der Waals surface area contributed by atoms with Crippen molar-refractivity contribution in [3.8, 4) is 0 Å². The lowest BCUT2D eigenvalue weighted by molar-refractivity contribution is -0.120. The van der Waals surface area contributed by atoms with Gasteiger partial charge in [0.25, 0.3) is 5.91 Å². The van der Waals surface area contributed by atoms with E-state index in [0.717, 1.165) is 0 Å². The molecule has 0 fully saturated rings. The molecule has 0 aromatic carbocycles. The summed E-state index contributed by atoms with van der Waals surface area (Å²) in [6.07, 6.45) is 0. The fraction of sp³-hybridized carbons (Fsp3) is 0.875. The van der Waals surface area contributed by atoms with Gasteiger partial charge < -0.3 is 9.47 Å². The van der Waals surface area contributed by atoms with Gasteiger partial charge in [0, 0.05) is 27.3 Å². The van der Waals surface area contributed by atoms with E-state index >= 15 is 0 Å². The van der Waals surface area contributed by atoms with E-state index in [-0.39, 0.29) is 6.54 Å². The molecule has 0 aromatic rings. The second kappa shape index (κ2) is 7.97. The van der Waals surface area contributed by atoms with Crippen LogP contribution in [0.25, 0.3) is 0 Å². The van der Waals surface area contributed by atoms with Crippen LogP contribution in [0.4, 0.5) is 0 Å². The van der Waals surface area contributed by atoms with Crippen LogP contribution in [0, 0.1) is 0 Å². The van der Waals surface area contributed by atoms with Crippen LogP contribution in [0.3, 0.4) is 0 Å². The largest absolute Gasteiger partial charge is 0.383 e. The molecule has 0 aliphatic heterocycles. The molecule has 5 nitrogen and oxygen atoms in total. The number of rotatable bonds is 8. The number of amides is 1. The van der Waals surface area contributed by atoms with Gasteiger partial charge in [-0.1, -0.05) is 0 Å². The summed E-state index contributed by atoms with van der Waals surface area (Å²) in [6, 6.07) is 0. The first-order valence-electron chi connectivity index (χ1n) is 4.15. The minimum Gasteiger partial charge on any atom is -0.383 e. The first-order chi connectivity index (χ1) is 6.20. The predicted molar refractivity (Wildman–Crippen MR) is 48.3 cm³/mol. The van der Waals surface area contributed by atoms with E-state index < -0.39 is 5.91 Å². The second-order valence-electron chi connectivity index (χ2n) is 2.68. The van der Waals surface area contributed by atoms with E-state index in [1.807, 2.05) is 4.90 Å². The topological polar surface area (TPSA) is 62.6 Å². The number of nitrogens with one attached hydrogen (secondary N) is 1. The van der Waals surface area contributed by atoms with Gasteiger partial charge in [-0.2, -0.15) is 0 Å². The summed E-state index contributed by atoms with van der Waals surface area (Å²) in [5.74, 6) is -0.577. The Hall–Kier alpha value is -0.650. The number of ether oxygens (including phenoxy) is 2. The average Bonchev–Trinajstić information content (AvgIpc) is 2.09. The number of hydrogen-bond donors (Lipinski definition) is 0. The van der Waals surface area contributed by atoms with Crippen molar-refractivity contribution in [2.45, 2.75) is 0 Å². The van der Waals surface area contributed by atoms with Gasteiger partial charge in [0.1, 0.15) is 0 Å². The first-order valence-corrected chi connectivity index (χ1v) is 4.15. The molecule has 0 unspecified atom stereocenters. The Kier molecular flexibility index (Phi) is 7.57. The Balaban J connectivity index is 3.66. The highest BCUT2D eigenvalue weighted by molar-refractivity contribution is 5.75. The quantitative estimate of drug-likeness (QED) is 0.511. The smallest absolute Gasteiger partial charge is 0.252 e. The van der Waals surface area contributed by atoms with Crippen LogP contribution < -0.4 is 5.73 Å². The molecule has 13 heavy (non-hydrogen) atoms. The van der Waals surface area contributed by atoms with Crippen LogP contribution in [-0.2, 0) is 14.3 Å². The number of methoxy groups -OCH3 is 2. The second-order valence-corrected chi connectivity index (χ2v) is 2.68. The monoisotopic (exact) mass is 189 g/mol. The minimum atomic E-state index is -0.577. The van der Waals surface area contributed by atoms with E-state index in [2.05, 4.69) is 0 Å². The van der Waals surface area contributed by atoms with E-state index in [1.165, 1.54) is 0 Å². The highest BCUT2D eigenvalue weighted by Crippen LogP contribution is 1.88. The standard InChI is InChI=1S/C8H17N2O3/c1-12-5-3-10(4-6-13-2)7-8(9)11/h9H,3-7H2,1-2H3. The summed E-state index contributed by atoms with van der Waals surface area (Å²) >= 11 is 0. The molecule has 0 atom stereocenters. The van der Waals surface area contributed by atoms with Gasteiger partial charge in [0.2, 0.25) is 0 Å². The van der Waals surface area contributed by atoms with Gasteiger partial charge in [0.05, 0.1) is 19.8 Å². The van der Waals surface area contributed by atoms with Gasteiger partial charge in [-0.3, -0.25) is 15.4 Å². The minimum absolute atomic E-state index is 0.146. The maximum absolute atomic E-state index is 10.5. The van der Waals surface area contributed by atoms with Gasteiger partial charge in [-0.05, 0) is 0 Å². The third-order valence-electron chi connectivity index (χ3n) is 1.59. The summed E-state index contributed by atoms with van der Waals surface area (Å²) in [6.45, 7) is 2.59. The molecule has 0 bridgehead atoms. The van der Waals surface area contributed by atoms with Gasteiger partial charge in [-0.25, -0.2) is 0 Å². The molecule has 1 radical (unpaired) electrons. The van der Waals surface area contributed by atoms with Crippen LogP contribution in [-0.4, -0.2) is 57.9 Å². The molecule has 0 saturated carbocycles. The number of hydrogen-bond acceptors (Lipinski definition) is 4. The van der Waals surface area contributed by atoms with Gasteiger partial charge in [0.15, 0.2) is 0 Å². The molecular formula is C8H17N2O3. The molecule has 0 rings (SSSR count). The lowest BCUT2D eigenvalue weighted by Gasteiger charge is -2.19. The van der Waals surface area contributed by atoms with Crippen molar-refractivity contribution in [3.63, 3.8) is 0 Å². The van der Waals surface area contributed by atoms with Crippen molar-refractivity contribution in [2.75, 3.05) is 47.1 Å². The Morgan fingerprint density at radius 2 is 1.69 bits per heavy atom. The normalized spacial score (nSPS) is 10.7. The Labute approximate surface area is 78.8 Å². The molecule has 0 spiro atoms. The lowest BCUT2D eigenvalue weighted by Crippen LogP contribution is -2.35. The zero-order chi connectivity index (χ0) is 10.1. The van der Waals surface area contributed by atoms with Crippen molar-refractivity contribution in [1.82, 2.24) is 10.6 Å². The Morgan fingerprint density at radius 3 is 2.00 bits per heavy atom. The number of nitrogens with zero attached hydrogens (tertiary/aromatic N) is 1. The Morgan fingerprint density at radius 1 is 1.23 bits per heavy atom. The van der Waals surface area contributed by atoms with E-state index in [4.69, 9.17) is 15.2 Å². The summed E-state index contributed by atoms with van der Waals surface area (Å²) in [5.41, 5.74) is 6.82. The highest BCUT2D eigenvalue weighted by atomic mass is 16.5. The van der Waals surface area contributed by atoms with Crippen molar-refractivity contribution >= 4 is 5.91 Å². The maximum atomic E-state index is 10.5. The fourth-order valence-corrected chi connectivity index (χ4v) is 0.914. The van der Waals surface area contributed by atoms with Crippen LogP contribution in [0.5, 0.6) is 0 Å². The molecule has 77 valence electrons. The SMILES string of the molecule is COCCN(CCOC)CC([NH])=O. The molecule has 0 aliphatic carbocycles. The summed E-state index contributed by atoms with van der Waals surface area (Å²) < 4.78 is 9.76. The molecule has 5 heteroatoms. The third-order valence-corrected chi connectivity index (χ3v) is 1.59. The molecule has 0 aliphatic rings. The van der Waals surface area contributed by atoms with Gasteiger partial charge in [-0.15, -0.1) is 0 Å². The molecule has 0 heterocycles. The summed E-state index contributed by atoms with van der Waals surface area (Å²) in [4.78, 5) is 12.4. The van der Waals surface area contributed by atoms with E-state index in [9.17, 15) is 4.79 Å². The fourth-order valence-electron chi connectivity index (χ4n) is 0.914. The van der Waals surface area contributed by atoms with Crippen LogP contribution in [0.2, 0.25) is 0 Å². The third kappa shape index (κ3) is 7.70. The van der Waals surface area contributed by atoms with Crippen molar-refractivity contribution in [2.24, 2.45) is 0 Å². The molecule has 1 N–H and O–H groups in total. The van der Waals surface area contributed by atoms with Crippen LogP contribution >= 0.6 is 0 Å². The number of carbonyl (C=O) groups excluding carboxylic acids is 1. The zero-order valence-electron chi connectivity index (χ0n) is 8.21. The van der Waals surface area contributed by atoms with Crippen molar-refractivity contribution < 1.29 is 14.3 Å². The summed E-state index contributed by atoms with van der Waals surface area (Å²) in [7, 11) is 3.22. The number of carbonyl (C=O) groups is 1. The van der Waals surface area contributed by atoms with Gasteiger partial charge >= 0.3 is 0 Å².